The van der Waals surface area contributed by atoms with Crippen LogP contribution in [0.15, 0.2) is 18.2 Å². The number of rotatable bonds is 7. The van der Waals surface area contributed by atoms with Crippen LogP contribution >= 0.6 is 0 Å². The number of ether oxygens (including phenoxy) is 1. The third kappa shape index (κ3) is 4.14. The Bertz CT molecular complexity index is 974. The molecule has 0 amide bonds. The second-order valence-corrected chi connectivity index (χ2v) is 11.2. The van der Waals surface area contributed by atoms with Crippen molar-refractivity contribution < 1.29 is 13.9 Å². The number of anilines is 1. The number of Topliss-reactive ketones (excluding diaryl/α,β-unsaturated/α-hetero) is 1. The molecule has 6 rings (SSSR count). The summed E-state index contributed by atoms with van der Waals surface area (Å²) in [5, 5.41) is 13.1. The number of ketones is 1. The average molecular weight is 467 g/mol. The van der Waals surface area contributed by atoms with Crippen molar-refractivity contribution in [1.82, 2.24) is 10.2 Å². The molecule has 0 spiro atoms. The highest BCUT2D eigenvalue weighted by molar-refractivity contribution is 5.85. The lowest BCUT2D eigenvalue weighted by molar-refractivity contribution is -0.122. The number of nitrogens with zero attached hydrogens (tertiary/aromatic N) is 3. The minimum absolute atomic E-state index is 0.105. The van der Waals surface area contributed by atoms with Crippen molar-refractivity contribution in [3.05, 3.63) is 29.6 Å². The Hall–Kier alpha value is -2.01. The van der Waals surface area contributed by atoms with E-state index in [0.29, 0.717) is 35.5 Å². The maximum Gasteiger partial charge on any atom is 0.151 e. The van der Waals surface area contributed by atoms with Crippen molar-refractivity contribution in [1.29, 1.82) is 5.26 Å². The van der Waals surface area contributed by atoms with Crippen LogP contribution in [0.25, 0.3) is 0 Å². The number of hydrogen-bond acceptors (Lipinski definition) is 6. The number of carbonyl (C=O) groups excluding carboxylic acids is 1. The molecule has 1 saturated carbocycles. The molecular formula is C27H35FN4O2. The number of benzene rings is 1. The summed E-state index contributed by atoms with van der Waals surface area (Å²) in [6.07, 6.45) is 6.14. The van der Waals surface area contributed by atoms with Crippen LogP contribution in [0.4, 0.5) is 10.1 Å². The Balaban J connectivity index is 1.08. The first-order chi connectivity index (χ1) is 16.6. The molecule has 1 aromatic rings. The van der Waals surface area contributed by atoms with Crippen LogP contribution in [0.5, 0.6) is 0 Å². The zero-order chi connectivity index (χ0) is 23.2. The molecule has 0 radical (unpaired) electrons. The van der Waals surface area contributed by atoms with E-state index < -0.39 is 5.92 Å². The summed E-state index contributed by atoms with van der Waals surface area (Å²) < 4.78 is 20.7. The van der Waals surface area contributed by atoms with Crippen LogP contribution in [0.3, 0.4) is 0 Å². The Kier molecular flexibility index (Phi) is 6.09. The van der Waals surface area contributed by atoms with Gasteiger partial charge in [-0.15, -0.1) is 0 Å². The fourth-order valence-electron chi connectivity index (χ4n) is 7.36. The second-order valence-electron chi connectivity index (χ2n) is 11.2. The molecule has 1 aromatic carbocycles. The minimum atomic E-state index is -0.484. The van der Waals surface area contributed by atoms with Crippen molar-refractivity contribution in [2.24, 2.45) is 17.8 Å². The van der Waals surface area contributed by atoms with Crippen molar-refractivity contribution >= 4 is 11.5 Å². The van der Waals surface area contributed by atoms with E-state index in [1.807, 2.05) is 12.1 Å². The van der Waals surface area contributed by atoms with Crippen molar-refractivity contribution in [3.63, 3.8) is 0 Å². The maximum atomic E-state index is 15.1. The highest BCUT2D eigenvalue weighted by Crippen LogP contribution is 2.38. The van der Waals surface area contributed by atoms with Gasteiger partial charge in [-0.2, -0.15) is 5.26 Å². The van der Waals surface area contributed by atoms with Crippen LogP contribution in [0, 0.1) is 34.9 Å². The van der Waals surface area contributed by atoms with E-state index in [4.69, 9.17) is 4.74 Å². The molecule has 2 bridgehead atoms. The van der Waals surface area contributed by atoms with Crippen LogP contribution in [-0.2, 0) is 16.0 Å². The van der Waals surface area contributed by atoms with Gasteiger partial charge in [-0.1, -0.05) is 6.07 Å². The van der Waals surface area contributed by atoms with E-state index >= 15 is 4.39 Å². The fraction of sp³-hybridized carbons (Fsp3) is 0.704. The summed E-state index contributed by atoms with van der Waals surface area (Å²) >= 11 is 0. The summed E-state index contributed by atoms with van der Waals surface area (Å²) in [6.45, 7) is 4.76. The highest BCUT2D eigenvalue weighted by Gasteiger charge is 2.45. The molecule has 5 fully saturated rings. The van der Waals surface area contributed by atoms with Crippen LogP contribution in [0.2, 0.25) is 0 Å². The maximum absolute atomic E-state index is 15.1. The van der Waals surface area contributed by atoms with Gasteiger partial charge in [0.2, 0.25) is 0 Å². The van der Waals surface area contributed by atoms with Gasteiger partial charge in [-0.25, -0.2) is 4.39 Å². The van der Waals surface area contributed by atoms with Gasteiger partial charge in [0.05, 0.1) is 24.6 Å². The molecule has 3 unspecified atom stereocenters. The molecule has 1 N–H and O–H groups in total. The fourth-order valence-corrected chi connectivity index (χ4v) is 7.36. The molecule has 34 heavy (non-hydrogen) atoms. The quantitative estimate of drug-likeness (QED) is 0.667. The van der Waals surface area contributed by atoms with E-state index in [9.17, 15) is 10.1 Å². The number of nitriles is 1. The van der Waals surface area contributed by atoms with Crippen LogP contribution in [-0.4, -0.2) is 67.7 Å². The SMILES string of the molecule is N#C[C@@H](CC(=O)[C@H]1N[C@@H]2CC[C@H]1C2)Cc1ccc(N2CC3CCN(C4CCOC4)C3C2)cc1F. The first kappa shape index (κ1) is 22.5. The molecule has 6 nitrogen and oxygen atoms in total. The predicted octanol–water partition coefficient (Wildman–Crippen LogP) is 2.91. The van der Waals surface area contributed by atoms with Gasteiger partial charge >= 0.3 is 0 Å². The van der Waals surface area contributed by atoms with Crippen LogP contribution < -0.4 is 10.2 Å². The molecule has 7 heteroatoms. The zero-order valence-corrected chi connectivity index (χ0v) is 19.8. The van der Waals surface area contributed by atoms with E-state index in [0.717, 1.165) is 64.2 Å². The van der Waals surface area contributed by atoms with Gasteiger partial charge in [-0.05, 0) is 74.6 Å². The first-order valence-corrected chi connectivity index (χ1v) is 13.1. The van der Waals surface area contributed by atoms with Gasteiger partial charge < -0.3 is 15.0 Å². The molecule has 4 heterocycles. The molecule has 0 aromatic heterocycles. The predicted molar refractivity (Wildman–Crippen MR) is 127 cm³/mol. The Morgan fingerprint density at radius 2 is 2.15 bits per heavy atom. The van der Waals surface area contributed by atoms with Gasteiger partial charge in [0.25, 0.3) is 0 Å². The third-order valence-corrected chi connectivity index (χ3v) is 9.17. The molecule has 4 aliphatic heterocycles. The highest BCUT2D eigenvalue weighted by atomic mass is 19.1. The lowest BCUT2D eigenvalue weighted by Crippen LogP contribution is -2.42. The van der Waals surface area contributed by atoms with E-state index in [-0.39, 0.29) is 30.5 Å². The normalized spacial score (nSPS) is 35.6. The number of nitrogens with one attached hydrogen (secondary N) is 1. The molecule has 4 saturated heterocycles. The van der Waals surface area contributed by atoms with Gasteiger partial charge in [-0.3, -0.25) is 9.69 Å². The average Bonchev–Trinajstić information content (AvgIpc) is 3.65. The Morgan fingerprint density at radius 3 is 2.85 bits per heavy atom. The largest absolute Gasteiger partial charge is 0.380 e. The van der Waals surface area contributed by atoms with Crippen molar-refractivity contribution in [3.8, 4) is 6.07 Å². The number of hydrogen-bond donors (Lipinski definition) is 1. The number of likely N-dealkylation sites (tertiary alicyclic amines) is 1. The van der Waals surface area contributed by atoms with Crippen molar-refractivity contribution in [2.75, 3.05) is 37.7 Å². The smallest absolute Gasteiger partial charge is 0.151 e. The van der Waals surface area contributed by atoms with Crippen LogP contribution in [0.1, 0.15) is 44.1 Å². The lowest BCUT2D eigenvalue weighted by Gasteiger charge is -2.30. The summed E-state index contributed by atoms with van der Waals surface area (Å²) in [5.74, 6) is 0.432. The van der Waals surface area contributed by atoms with E-state index in [1.54, 1.807) is 6.07 Å². The summed E-state index contributed by atoms with van der Waals surface area (Å²) in [7, 11) is 0. The molecule has 7 atom stereocenters. The first-order valence-electron chi connectivity index (χ1n) is 13.1. The van der Waals surface area contributed by atoms with E-state index in [2.05, 4.69) is 21.2 Å². The van der Waals surface area contributed by atoms with Gasteiger partial charge in [0, 0.05) is 49.9 Å². The number of halogens is 1. The van der Waals surface area contributed by atoms with Gasteiger partial charge in [0.1, 0.15) is 5.82 Å². The summed E-state index contributed by atoms with van der Waals surface area (Å²) in [5.41, 5.74) is 1.46. The topological polar surface area (TPSA) is 68.6 Å². The van der Waals surface area contributed by atoms with Crippen molar-refractivity contribution in [2.45, 2.75) is 69.1 Å². The molecule has 1 aliphatic carbocycles. The second kappa shape index (κ2) is 9.22. The zero-order valence-electron chi connectivity index (χ0n) is 19.8. The number of carbonyl (C=O) groups is 1. The Labute approximate surface area is 201 Å². The Morgan fingerprint density at radius 1 is 1.24 bits per heavy atom. The monoisotopic (exact) mass is 466 g/mol. The summed E-state index contributed by atoms with van der Waals surface area (Å²) in [4.78, 5) is 17.7. The standard InChI is InChI=1S/C27H35FN4O2/c28-24-12-22(31-14-20-5-7-32(25(20)15-31)23-6-8-34-16-23)4-2-18(24)9-17(13-29)10-26(33)27-19-1-3-21(11-19)30-27/h2,4,12,17,19-21,23,25,27,30H,1,3,5-11,14-16H2/t17-,19+,20?,21-,23?,25?,27+/m1/s1. The summed E-state index contributed by atoms with van der Waals surface area (Å²) in [6, 6.07) is 9.14. The third-order valence-electron chi connectivity index (χ3n) is 9.17. The molecular weight excluding hydrogens is 431 g/mol. The molecule has 5 aliphatic rings. The van der Waals surface area contributed by atoms with Gasteiger partial charge in [0.15, 0.2) is 5.78 Å². The number of piperidine rings is 1. The lowest BCUT2D eigenvalue weighted by atomic mass is 9.88. The minimum Gasteiger partial charge on any atom is -0.380 e. The van der Waals surface area contributed by atoms with E-state index in [1.165, 1.54) is 6.42 Å². The molecule has 182 valence electrons. The number of fused-ring (bicyclic) bond motifs is 3.